The van der Waals surface area contributed by atoms with Gasteiger partial charge >= 0.3 is 0 Å². The SMILES string of the molecule is CN(C)c1cccc(C(=O)N2CCN(c3cnn4c(C5CC5)nnc4c3)CC2)c1. The molecular formula is C21H25N7O. The molecule has 2 fully saturated rings. The molecule has 0 N–H and O–H groups in total. The number of fused-ring (bicyclic) bond motifs is 1. The van der Waals surface area contributed by atoms with Gasteiger partial charge < -0.3 is 14.7 Å². The van der Waals surface area contributed by atoms with E-state index >= 15 is 0 Å². The van der Waals surface area contributed by atoms with Crippen LogP contribution in [-0.4, -0.2) is 70.9 Å². The van der Waals surface area contributed by atoms with Gasteiger partial charge in [-0.2, -0.15) is 9.61 Å². The van der Waals surface area contributed by atoms with Gasteiger partial charge in [-0.05, 0) is 31.0 Å². The highest BCUT2D eigenvalue weighted by Gasteiger charge is 2.29. The van der Waals surface area contributed by atoms with E-state index in [0.29, 0.717) is 19.0 Å². The molecule has 0 radical (unpaired) electrons. The number of hydrogen-bond donors (Lipinski definition) is 0. The van der Waals surface area contributed by atoms with Crippen molar-refractivity contribution < 1.29 is 4.79 Å². The highest BCUT2D eigenvalue weighted by Crippen LogP contribution is 2.38. The van der Waals surface area contributed by atoms with E-state index in [2.05, 4.69) is 20.2 Å². The summed E-state index contributed by atoms with van der Waals surface area (Å²) < 4.78 is 1.86. The summed E-state index contributed by atoms with van der Waals surface area (Å²) >= 11 is 0. The summed E-state index contributed by atoms with van der Waals surface area (Å²) in [6.45, 7) is 2.94. The molecule has 3 heterocycles. The first kappa shape index (κ1) is 17.9. The Morgan fingerprint density at radius 3 is 2.59 bits per heavy atom. The minimum atomic E-state index is 0.0912. The van der Waals surface area contributed by atoms with Gasteiger partial charge in [-0.25, -0.2) is 0 Å². The van der Waals surface area contributed by atoms with Crippen molar-refractivity contribution >= 4 is 22.9 Å². The first-order valence-corrected chi connectivity index (χ1v) is 10.1. The molecule has 1 aliphatic carbocycles. The summed E-state index contributed by atoms with van der Waals surface area (Å²) in [6, 6.07) is 9.84. The molecule has 3 aromatic rings. The molecule has 1 amide bonds. The summed E-state index contributed by atoms with van der Waals surface area (Å²) in [5.74, 6) is 1.58. The van der Waals surface area contributed by atoms with E-state index in [1.165, 1.54) is 12.8 Å². The quantitative estimate of drug-likeness (QED) is 0.678. The second kappa shape index (κ2) is 7.02. The third kappa shape index (κ3) is 3.39. The minimum absolute atomic E-state index is 0.0912. The van der Waals surface area contributed by atoms with Crippen LogP contribution in [0.15, 0.2) is 36.5 Å². The smallest absolute Gasteiger partial charge is 0.254 e. The van der Waals surface area contributed by atoms with Crippen LogP contribution in [0.4, 0.5) is 11.4 Å². The second-order valence-electron chi connectivity index (χ2n) is 8.04. The molecule has 1 aliphatic heterocycles. The monoisotopic (exact) mass is 391 g/mol. The van der Waals surface area contributed by atoms with Gasteiger partial charge in [0, 0.05) is 63.5 Å². The number of anilines is 2. The molecule has 1 aromatic carbocycles. The van der Waals surface area contributed by atoms with E-state index in [4.69, 9.17) is 0 Å². The standard InChI is InChI=1S/C21H25N7O/c1-25(2)17-5-3-4-16(12-17)21(29)27-10-8-26(9-11-27)18-13-19-23-24-20(15-6-7-15)28(19)22-14-18/h3-5,12-15H,6-11H2,1-2H3. The zero-order valence-electron chi connectivity index (χ0n) is 16.8. The van der Waals surface area contributed by atoms with E-state index in [0.717, 1.165) is 41.5 Å². The second-order valence-corrected chi connectivity index (χ2v) is 8.04. The van der Waals surface area contributed by atoms with Crippen LogP contribution in [0.25, 0.3) is 5.65 Å². The van der Waals surface area contributed by atoms with Crippen LogP contribution >= 0.6 is 0 Å². The predicted octanol–water partition coefficient (Wildman–Crippen LogP) is 2.03. The lowest BCUT2D eigenvalue weighted by Gasteiger charge is -2.36. The largest absolute Gasteiger partial charge is 0.378 e. The topological polar surface area (TPSA) is 69.9 Å². The number of carbonyl (C=O) groups excluding carboxylic acids is 1. The Bertz CT molecular complexity index is 1050. The first-order chi connectivity index (χ1) is 14.1. The zero-order valence-corrected chi connectivity index (χ0v) is 16.8. The van der Waals surface area contributed by atoms with Crippen molar-refractivity contribution in [2.24, 2.45) is 0 Å². The summed E-state index contributed by atoms with van der Waals surface area (Å²) in [5.41, 5.74) is 3.61. The molecule has 150 valence electrons. The summed E-state index contributed by atoms with van der Waals surface area (Å²) in [4.78, 5) is 19.1. The van der Waals surface area contributed by atoms with Crippen LogP contribution in [0.5, 0.6) is 0 Å². The molecule has 0 atom stereocenters. The maximum Gasteiger partial charge on any atom is 0.254 e. The minimum Gasteiger partial charge on any atom is -0.378 e. The Kier molecular flexibility index (Phi) is 4.34. The number of aromatic nitrogens is 4. The number of nitrogens with zero attached hydrogens (tertiary/aromatic N) is 7. The average molecular weight is 391 g/mol. The molecule has 0 unspecified atom stereocenters. The molecule has 8 heteroatoms. The van der Waals surface area contributed by atoms with E-state index in [9.17, 15) is 4.79 Å². The molecule has 0 spiro atoms. The van der Waals surface area contributed by atoms with Gasteiger partial charge in [0.1, 0.15) is 0 Å². The van der Waals surface area contributed by atoms with Gasteiger partial charge in [-0.3, -0.25) is 4.79 Å². The summed E-state index contributed by atoms with van der Waals surface area (Å²) in [5, 5.41) is 13.2. The van der Waals surface area contributed by atoms with Crippen molar-refractivity contribution in [2.75, 3.05) is 50.1 Å². The lowest BCUT2D eigenvalue weighted by atomic mass is 10.1. The van der Waals surface area contributed by atoms with Crippen molar-refractivity contribution in [3.8, 4) is 0 Å². The van der Waals surface area contributed by atoms with Gasteiger partial charge in [0.25, 0.3) is 5.91 Å². The lowest BCUT2D eigenvalue weighted by molar-refractivity contribution is 0.0747. The number of hydrogen-bond acceptors (Lipinski definition) is 6. The van der Waals surface area contributed by atoms with E-state index in [1.54, 1.807) is 0 Å². The van der Waals surface area contributed by atoms with E-state index in [-0.39, 0.29) is 5.91 Å². The normalized spacial score (nSPS) is 17.0. The molecule has 1 saturated heterocycles. The molecule has 2 aliphatic rings. The van der Waals surface area contributed by atoms with Crippen LogP contribution in [0, 0.1) is 0 Å². The Balaban J connectivity index is 1.27. The molecule has 29 heavy (non-hydrogen) atoms. The maximum absolute atomic E-state index is 12.9. The molecular weight excluding hydrogens is 366 g/mol. The summed E-state index contributed by atoms with van der Waals surface area (Å²) in [7, 11) is 3.96. The van der Waals surface area contributed by atoms with E-state index in [1.807, 2.05) is 64.9 Å². The number of amides is 1. The fraction of sp³-hybridized carbons (Fsp3) is 0.429. The van der Waals surface area contributed by atoms with Gasteiger partial charge in [0.2, 0.25) is 0 Å². The van der Waals surface area contributed by atoms with Gasteiger partial charge in [-0.1, -0.05) is 6.07 Å². The Hall–Kier alpha value is -3.16. The Morgan fingerprint density at radius 1 is 1.07 bits per heavy atom. The third-order valence-electron chi connectivity index (χ3n) is 5.76. The van der Waals surface area contributed by atoms with Crippen molar-refractivity contribution in [3.05, 3.63) is 47.9 Å². The van der Waals surface area contributed by atoms with Crippen LogP contribution in [-0.2, 0) is 0 Å². The highest BCUT2D eigenvalue weighted by molar-refractivity contribution is 5.95. The highest BCUT2D eigenvalue weighted by atomic mass is 16.2. The predicted molar refractivity (Wildman–Crippen MR) is 112 cm³/mol. The van der Waals surface area contributed by atoms with Crippen molar-refractivity contribution in [1.29, 1.82) is 0 Å². The molecule has 0 bridgehead atoms. The average Bonchev–Trinajstić information content (AvgIpc) is 3.52. The van der Waals surface area contributed by atoms with Gasteiger partial charge in [0.15, 0.2) is 11.5 Å². The molecule has 1 saturated carbocycles. The zero-order chi connectivity index (χ0) is 20.0. The number of rotatable bonds is 4. The summed E-state index contributed by atoms with van der Waals surface area (Å²) in [6.07, 6.45) is 4.25. The van der Waals surface area contributed by atoms with Crippen LogP contribution in [0.1, 0.15) is 34.9 Å². The fourth-order valence-corrected chi connectivity index (χ4v) is 3.84. The number of piperazine rings is 1. The maximum atomic E-state index is 12.9. The molecule has 2 aromatic heterocycles. The fourth-order valence-electron chi connectivity index (χ4n) is 3.84. The van der Waals surface area contributed by atoms with Crippen molar-refractivity contribution in [2.45, 2.75) is 18.8 Å². The molecule has 8 nitrogen and oxygen atoms in total. The third-order valence-corrected chi connectivity index (χ3v) is 5.76. The van der Waals surface area contributed by atoms with Crippen molar-refractivity contribution in [1.82, 2.24) is 24.7 Å². The number of benzene rings is 1. The van der Waals surface area contributed by atoms with Crippen LogP contribution in [0.2, 0.25) is 0 Å². The Morgan fingerprint density at radius 2 is 1.86 bits per heavy atom. The van der Waals surface area contributed by atoms with Crippen molar-refractivity contribution in [3.63, 3.8) is 0 Å². The molecule has 5 rings (SSSR count). The number of carbonyl (C=O) groups is 1. The van der Waals surface area contributed by atoms with Crippen LogP contribution in [0.3, 0.4) is 0 Å². The first-order valence-electron chi connectivity index (χ1n) is 10.1. The van der Waals surface area contributed by atoms with E-state index < -0.39 is 0 Å². The van der Waals surface area contributed by atoms with Crippen LogP contribution < -0.4 is 9.80 Å². The lowest BCUT2D eigenvalue weighted by Crippen LogP contribution is -2.48. The van der Waals surface area contributed by atoms with Gasteiger partial charge in [0.05, 0.1) is 11.9 Å². The van der Waals surface area contributed by atoms with Gasteiger partial charge in [-0.15, -0.1) is 10.2 Å². The Labute approximate surface area is 169 Å².